The van der Waals surface area contributed by atoms with E-state index in [1.807, 2.05) is 6.92 Å². The van der Waals surface area contributed by atoms with Crippen molar-refractivity contribution in [3.63, 3.8) is 0 Å². The van der Waals surface area contributed by atoms with Crippen molar-refractivity contribution in [1.29, 1.82) is 0 Å². The van der Waals surface area contributed by atoms with Gasteiger partial charge >= 0.3 is 0 Å². The van der Waals surface area contributed by atoms with Crippen LogP contribution in [0.15, 0.2) is 18.5 Å². The molecular weight excluding hydrogens is 172 g/mol. The Labute approximate surface area is 77.0 Å². The predicted molar refractivity (Wildman–Crippen MR) is 51.2 cm³/mol. The first-order chi connectivity index (χ1) is 5.74. The van der Waals surface area contributed by atoms with Crippen LogP contribution in [0.5, 0.6) is 0 Å². The van der Waals surface area contributed by atoms with Gasteiger partial charge in [0, 0.05) is 12.4 Å². The number of hydrogen-bond acceptors (Lipinski definition) is 2. The second-order valence-electron chi connectivity index (χ2n) is 2.39. The van der Waals surface area contributed by atoms with Gasteiger partial charge in [0.2, 0.25) is 0 Å². The fourth-order valence-electron chi connectivity index (χ4n) is 0.767. The molecule has 0 spiro atoms. The first-order valence-electron chi connectivity index (χ1n) is 3.56. The largest absolute Gasteiger partial charge is 0.371 e. The lowest BCUT2D eigenvalue weighted by atomic mass is 10.3. The van der Waals surface area contributed by atoms with E-state index in [2.05, 4.69) is 16.2 Å². The maximum atomic E-state index is 5.83. The minimum Gasteiger partial charge on any atom is -0.371 e. The number of rotatable bonds is 2. The van der Waals surface area contributed by atoms with E-state index in [1.54, 1.807) is 18.5 Å². The lowest BCUT2D eigenvalue weighted by Gasteiger charge is -2.09. The highest BCUT2D eigenvalue weighted by atomic mass is 35.5. The van der Waals surface area contributed by atoms with Crippen molar-refractivity contribution < 1.29 is 0 Å². The summed E-state index contributed by atoms with van der Waals surface area (Å²) in [5.41, 5.74) is 0.817. The van der Waals surface area contributed by atoms with Gasteiger partial charge in [-0.05, 0) is 13.0 Å². The van der Waals surface area contributed by atoms with Crippen LogP contribution in [0, 0.1) is 12.3 Å². The summed E-state index contributed by atoms with van der Waals surface area (Å²) >= 11 is 5.83. The maximum Gasteiger partial charge on any atom is 0.0846 e. The third kappa shape index (κ3) is 2.14. The molecule has 1 unspecified atom stereocenters. The number of hydrogen-bond donors (Lipinski definition) is 1. The Kier molecular flexibility index (Phi) is 2.95. The van der Waals surface area contributed by atoms with Crippen LogP contribution in [-0.2, 0) is 0 Å². The van der Waals surface area contributed by atoms with E-state index in [-0.39, 0.29) is 6.04 Å². The van der Waals surface area contributed by atoms with Gasteiger partial charge in [-0.25, -0.2) is 0 Å². The smallest absolute Gasteiger partial charge is 0.0846 e. The summed E-state index contributed by atoms with van der Waals surface area (Å²) in [6.45, 7) is 1.89. The molecule has 0 aromatic carbocycles. The topological polar surface area (TPSA) is 24.9 Å². The normalized spacial score (nSPS) is 11.8. The van der Waals surface area contributed by atoms with Gasteiger partial charge in [-0.15, -0.1) is 6.42 Å². The van der Waals surface area contributed by atoms with E-state index < -0.39 is 0 Å². The average Bonchev–Trinajstić information content (AvgIpc) is 2.09. The summed E-state index contributed by atoms with van der Waals surface area (Å²) in [6.07, 6.45) is 8.44. The molecule has 0 amide bonds. The van der Waals surface area contributed by atoms with Crippen LogP contribution in [0.1, 0.15) is 6.92 Å². The Hall–Kier alpha value is -1.20. The van der Waals surface area contributed by atoms with Crippen LogP contribution >= 0.6 is 11.6 Å². The van der Waals surface area contributed by atoms with Crippen molar-refractivity contribution in [3.8, 4) is 12.3 Å². The molecule has 62 valence electrons. The Morgan fingerprint density at radius 1 is 1.75 bits per heavy atom. The molecular formula is C9H9ClN2. The lowest BCUT2D eigenvalue weighted by Crippen LogP contribution is -2.12. The van der Waals surface area contributed by atoms with Crippen LogP contribution in [0.25, 0.3) is 0 Å². The van der Waals surface area contributed by atoms with E-state index in [4.69, 9.17) is 18.0 Å². The molecule has 1 heterocycles. The highest BCUT2D eigenvalue weighted by Crippen LogP contribution is 2.19. The first kappa shape index (κ1) is 8.89. The SMILES string of the molecule is C#CC(C)Nc1ccncc1Cl. The van der Waals surface area contributed by atoms with E-state index in [9.17, 15) is 0 Å². The molecule has 0 saturated carbocycles. The van der Waals surface area contributed by atoms with Gasteiger partial charge in [0.05, 0.1) is 16.8 Å². The fourth-order valence-corrected chi connectivity index (χ4v) is 0.941. The van der Waals surface area contributed by atoms with E-state index in [1.165, 1.54) is 0 Å². The molecule has 3 heteroatoms. The summed E-state index contributed by atoms with van der Waals surface area (Å²) in [7, 11) is 0. The Morgan fingerprint density at radius 3 is 3.08 bits per heavy atom. The lowest BCUT2D eigenvalue weighted by molar-refractivity contribution is 1.03. The third-order valence-corrected chi connectivity index (χ3v) is 1.70. The summed E-state index contributed by atoms with van der Waals surface area (Å²) in [4.78, 5) is 3.85. The second-order valence-corrected chi connectivity index (χ2v) is 2.80. The van der Waals surface area contributed by atoms with E-state index in [0.717, 1.165) is 5.69 Å². The highest BCUT2D eigenvalue weighted by molar-refractivity contribution is 6.33. The van der Waals surface area contributed by atoms with Crippen molar-refractivity contribution in [3.05, 3.63) is 23.5 Å². The standard InChI is InChI=1S/C9H9ClN2/c1-3-7(2)12-9-4-5-11-6-8(9)10/h1,4-7H,2H3,(H,11,12). The summed E-state index contributed by atoms with van der Waals surface area (Å²) in [6, 6.07) is 1.76. The van der Waals surface area contributed by atoms with Crippen LogP contribution in [0.4, 0.5) is 5.69 Å². The minimum absolute atomic E-state index is 0.0232. The average molecular weight is 181 g/mol. The monoisotopic (exact) mass is 180 g/mol. The zero-order chi connectivity index (χ0) is 8.97. The van der Waals surface area contributed by atoms with Crippen LogP contribution in [0.3, 0.4) is 0 Å². The minimum atomic E-state index is -0.0232. The molecule has 1 N–H and O–H groups in total. The number of aromatic nitrogens is 1. The van der Waals surface area contributed by atoms with Crippen molar-refractivity contribution in [1.82, 2.24) is 4.98 Å². The number of nitrogens with zero attached hydrogens (tertiary/aromatic N) is 1. The fraction of sp³-hybridized carbons (Fsp3) is 0.222. The predicted octanol–water partition coefficient (Wildman–Crippen LogP) is 2.17. The summed E-state index contributed by atoms with van der Waals surface area (Å²) < 4.78 is 0. The molecule has 0 radical (unpaired) electrons. The summed E-state index contributed by atoms with van der Waals surface area (Å²) in [5.74, 6) is 2.55. The zero-order valence-corrected chi connectivity index (χ0v) is 7.47. The third-order valence-electron chi connectivity index (χ3n) is 1.39. The molecule has 1 rings (SSSR count). The highest BCUT2D eigenvalue weighted by Gasteiger charge is 2.00. The molecule has 0 aliphatic rings. The van der Waals surface area contributed by atoms with Gasteiger partial charge in [-0.2, -0.15) is 0 Å². The number of terminal acetylenes is 1. The molecule has 2 nitrogen and oxygen atoms in total. The second kappa shape index (κ2) is 3.99. The van der Waals surface area contributed by atoms with Gasteiger partial charge in [0.1, 0.15) is 0 Å². The Morgan fingerprint density at radius 2 is 2.50 bits per heavy atom. The quantitative estimate of drug-likeness (QED) is 0.706. The number of pyridine rings is 1. The van der Waals surface area contributed by atoms with Crippen LogP contribution in [-0.4, -0.2) is 11.0 Å². The van der Waals surface area contributed by atoms with Crippen LogP contribution in [0.2, 0.25) is 5.02 Å². The van der Waals surface area contributed by atoms with Gasteiger partial charge < -0.3 is 5.32 Å². The molecule has 0 fully saturated rings. The number of anilines is 1. The van der Waals surface area contributed by atoms with Crippen molar-refractivity contribution in [2.75, 3.05) is 5.32 Å². The molecule has 12 heavy (non-hydrogen) atoms. The first-order valence-corrected chi connectivity index (χ1v) is 3.94. The van der Waals surface area contributed by atoms with Crippen molar-refractivity contribution >= 4 is 17.3 Å². The van der Waals surface area contributed by atoms with E-state index in [0.29, 0.717) is 5.02 Å². The number of nitrogens with one attached hydrogen (secondary N) is 1. The summed E-state index contributed by atoms with van der Waals surface area (Å²) in [5, 5.41) is 3.63. The van der Waals surface area contributed by atoms with Gasteiger partial charge in [-0.1, -0.05) is 17.5 Å². The molecule has 0 bridgehead atoms. The Balaban J connectivity index is 2.77. The zero-order valence-electron chi connectivity index (χ0n) is 6.71. The Bertz CT molecular complexity index is 304. The van der Waals surface area contributed by atoms with E-state index >= 15 is 0 Å². The van der Waals surface area contributed by atoms with Crippen molar-refractivity contribution in [2.24, 2.45) is 0 Å². The van der Waals surface area contributed by atoms with Crippen LogP contribution < -0.4 is 5.32 Å². The molecule has 0 aliphatic carbocycles. The molecule has 0 aliphatic heterocycles. The van der Waals surface area contributed by atoms with Gasteiger partial charge in [0.15, 0.2) is 0 Å². The van der Waals surface area contributed by atoms with Gasteiger partial charge in [-0.3, -0.25) is 4.98 Å². The molecule has 1 aromatic rings. The molecule has 1 aromatic heterocycles. The number of halogens is 1. The van der Waals surface area contributed by atoms with Crippen molar-refractivity contribution in [2.45, 2.75) is 13.0 Å². The molecule has 1 atom stereocenters. The van der Waals surface area contributed by atoms with Gasteiger partial charge in [0.25, 0.3) is 0 Å². The maximum absolute atomic E-state index is 5.83. The molecule has 0 saturated heterocycles.